The first-order chi connectivity index (χ1) is 10.3. The molecule has 0 amide bonds. The number of benzene rings is 1. The van der Waals surface area contributed by atoms with Crippen molar-refractivity contribution in [2.24, 2.45) is 0 Å². The smallest absolute Gasteiger partial charge is 0.256 e. The zero-order chi connectivity index (χ0) is 15.3. The van der Waals surface area contributed by atoms with Crippen LogP contribution >= 0.6 is 11.6 Å². The summed E-state index contributed by atoms with van der Waals surface area (Å²) < 4.78 is 5.62. The average molecular weight is 309 g/mol. The van der Waals surface area contributed by atoms with Gasteiger partial charge in [0, 0.05) is 0 Å². The third kappa shape index (κ3) is 7.91. The molecule has 3 heteroatoms. The summed E-state index contributed by atoms with van der Waals surface area (Å²) in [4.78, 5) is 11.2. The first kappa shape index (κ1) is 17.8. The summed E-state index contributed by atoms with van der Waals surface area (Å²) in [5.74, 6) is 0.570. The van der Waals surface area contributed by atoms with Gasteiger partial charge in [0.2, 0.25) is 0 Å². The van der Waals surface area contributed by atoms with E-state index < -0.39 is 5.24 Å². The van der Waals surface area contributed by atoms with Gasteiger partial charge in [-0.1, -0.05) is 50.5 Å². The van der Waals surface area contributed by atoms with Crippen LogP contribution in [0.2, 0.25) is 0 Å². The van der Waals surface area contributed by atoms with Gasteiger partial charge in [0.15, 0.2) is 0 Å². The predicted octanol–water partition coefficient (Wildman–Crippen LogP) is 5.75. The molecule has 0 saturated heterocycles. The molecule has 0 heterocycles. The maximum absolute atomic E-state index is 11.2. The first-order valence-corrected chi connectivity index (χ1v) is 8.20. The van der Waals surface area contributed by atoms with Crippen LogP contribution < -0.4 is 4.74 Å². The lowest BCUT2D eigenvalue weighted by atomic mass is 10.1. The van der Waals surface area contributed by atoms with Crippen molar-refractivity contribution in [1.29, 1.82) is 0 Å². The molecule has 0 aliphatic rings. The number of carbonyl (C=O) groups is 1. The van der Waals surface area contributed by atoms with Gasteiger partial charge in [-0.15, -0.1) is 0 Å². The van der Waals surface area contributed by atoms with Crippen LogP contribution in [0.25, 0.3) is 0 Å². The van der Waals surface area contributed by atoms with E-state index in [1.165, 1.54) is 32.1 Å². The number of hydrogen-bond acceptors (Lipinski definition) is 2. The summed E-state index contributed by atoms with van der Waals surface area (Å²) in [6, 6.07) is 7.08. The van der Waals surface area contributed by atoms with E-state index in [0.717, 1.165) is 12.8 Å². The Morgan fingerprint density at radius 1 is 1.10 bits per heavy atom. The Balaban J connectivity index is 2.14. The molecule has 0 bridgehead atoms. The van der Waals surface area contributed by atoms with Crippen LogP contribution in [0, 0.1) is 0 Å². The summed E-state index contributed by atoms with van der Waals surface area (Å²) in [6.45, 7) is 2.83. The molecule has 1 aromatic rings. The lowest BCUT2D eigenvalue weighted by Crippen LogP contribution is -2.01. The van der Waals surface area contributed by atoms with Gasteiger partial charge < -0.3 is 4.74 Å². The first-order valence-electron chi connectivity index (χ1n) is 7.82. The maximum atomic E-state index is 11.2. The zero-order valence-corrected chi connectivity index (χ0v) is 13.6. The Hall–Kier alpha value is -1.28. The molecule has 0 aliphatic heterocycles. The quantitative estimate of drug-likeness (QED) is 0.295. The van der Waals surface area contributed by atoms with E-state index >= 15 is 0 Å². The molecule has 0 fully saturated rings. The van der Waals surface area contributed by atoms with Gasteiger partial charge in [-0.3, -0.25) is 4.79 Å². The van der Waals surface area contributed by atoms with Gasteiger partial charge in [0.05, 0.1) is 12.2 Å². The van der Waals surface area contributed by atoms with E-state index in [1.807, 2.05) is 6.07 Å². The fourth-order valence-corrected chi connectivity index (χ4v) is 2.22. The van der Waals surface area contributed by atoms with Gasteiger partial charge in [0.25, 0.3) is 5.24 Å². The van der Waals surface area contributed by atoms with Crippen molar-refractivity contribution in [3.05, 3.63) is 42.0 Å². The zero-order valence-electron chi connectivity index (χ0n) is 12.8. The number of para-hydroxylation sites is 1. The minimum absolute atomic E-state index is 0.436. The molecule has 0 aromatic heterocycles. The number of rotatable bonds is 11. The van der Waals surface area contributed by atoms with Gasteiger partial charge in [-0.05, 0) is 49.4 Å². The molecule has 0 N–H and O–H groups in total. The average Bonchev–Trinajstić information content (AvgIpc) is 2.49. The summed E-state index contributed by atoms with van der Waals surface area (Å²) >= 11 is 5.51. The van der Waals surface area contributed by atoms with Crippen molar-refractivity contribution >= 4 is 16.8 Å². The number of allylic oxidation sites excluding steroid dienone is 2. The van der Waals surface area contributed by atoms with Crippen molar-refractivity contribution in [1.82, 2.24) is 0 Å². The van der Waals surface area contributed by atoms with Crippen LogP contribution in [0.15, 0.2) is 36.4 Å². The molecule has 21 heavy (non-hydrogen) atoms. The Kier molecular flexibility index (Phi) is 9.64. The Bertz CT molecular complexity index is 441. The number of ether oxygens (including phenoxy) is 1. The van der Waals surface area contributed by atoms with Crippen LogP contribution in [0.3, 0.4) is 0 Å². The van der Waals surface area contributed by atoms with E-state index in [2.05, 4.69) is 19.1 Å². The maximum Gasteiger partial charge on any atom is 0.256 e. The van der Waals surface area contributed by atoms with Crippen molar-refractivity contribution in [2.75, 3.05) is 6.61 Å². The monoisotopic (exact) mass is 308 g/mol. The summed E-state index contributed by atoms with van der Waals surface area (Å²) in [6.07, 6.45) is 12.8. The highest BCUT2D eigenvalue weighted by Crippen LogP contribution is 2.20. The van der Waals surface area contributed by atoms with Gasteiger partial charge >= 0.3 is 0 Å². The Morgan fingerprint density at radius 3 is 2.52 bits per heavy atom. The fourth-order valence-electron chi connectivity index (χ4n) is 2.06. The molecular formula is C18H25ClO2. The summed E-state index contributed by atoms with van der Waals surface area (Å²) in [7, 11) is 0. The predicted molar refractivity (Wildman–Crippen MR) is 89.3 cm³/mol. The van der Waals surface area contributed by atoms with E-state index in [4.69, 9.17) is 16.3 Å². The van der Waals surface area contributed by atoms with Crippen LogP contribution in [0.5, 0.6) is 5.75 Å². The molecule has 0 unspecified atom stereocenters. The number of halogens is 1. The molecule has 2 nitrogen and oxygen atoms in total. The van der Waals surface area contributed by atoms with Crippen LogP contribution in [0.4, 0.5) is 0 Å². The second kappa shape index (κ2) is 11.4. The molecule has 0 atom stereocenters. The van der Waals surface area contributed by atoms with Gasteiger partial charge in [-0.2, -0.15) is 0 Å². The second-order valence-corrected chi connectivity index (χ2v) is 5.42. The van der Waals surface area contributed by atoms with Crippen LogP contribution in [-0.4, -0.2) is 11.8 Å². The lowest BCUT2D eigenvalue weighted by molar-refractivity contribution is 0.107. The third-order valence-corrected chi connectivity index (χ3v) is 3.47. The summed E-state index contributed by atoms with van der Waals surface area (Å²) in [5, 5.41) is -0.474. The molecule has 0 spiro atoms. The standard InChI is InChI=1S/C18H25ClO2/c1-2-3-4-5-6-7-8-9-12-15-21-17-14-11-10-13-16(17)18(19)20/h7-8,10-11,13-14H,2-6,9,12,15H2,1H3/b8-7+. The SMILES string of the molecule is CCCCCC/C=C/CCCOc1ccccc1C(=O)Cl. The largest absolute Gasteiger partial charge is 0.493 e. The van der Waals surface area contributed by atoms with Gasteiger partial charge in [0.1, 0.15) is 5.75 Å². The topological polar surface area (TPSA) is 26.3 Å². The van der Waals surface area contributed by atoms with Crippen molar-refractivity contribution in [3.8, 4) is 5.75 Å². The molecule has 1 aromatic carbocycles. The van der Waals surface area contributed by atoms with E-state index in [1.54, 1.807) is 18.2 Å². The lowest BCUT2D eigenvalue weighted by Gasteiger charge is -2.07. The summed E-state index contributed by atoms with van der Waals surface area (Å²) in [5.41, 5.74) is 0.436. The van der Waals surface area contributed by atoms with E-state index in [-0.39, 0.29) is 0 Å². The molecule has 1 rings (SSSR count). The number of unbranched alkanes of at least 4 members (excludes halogenated alkanes) is 5. The van der Waals surface area contributed by atoms with Crippen molar-refractivity contribution < 1.29 is 9.53 Å². The van der Waals surface area contributed by atoms with Crippen molar-refractivity contribution in [3.63, 3.8) is 0 Å². The third-order valence-electron chi connectivity index (χ3n) is 3.26. The minimum Gasteiger partial charge on any atom is -0.493 e. The van der Waals surface area contributed by atoms with Crippen LogP contribution in [0.1, 0.15) is 62.2 Å². The molecular weight excluding hydrogens is 284 g/mol. The second-order valence-electron chi connectivity index (χ2n) is 5.08. The van der Waals surface area contributed by atoms with Crippen molar-refractivity contribution in [2.45, 2.75) is 51.9 Å². The highest BCUT2D eigenvalue weighted by molar-refractivity contribution is 6.68. The Morgan fingerprint density at radius 2 is 1.81 bits per heavy atom. The molecule has 0 radical (unpaired) electrons. The molecule has 0 aliphatic carbocycles. The van der Waals surface area contributed by atoms with Gasteiger partial charge in [-0.25, -0.2) is 0 Å². The highest BCUT2D eigenvalue weighted by atomic mass is 35.5. The number of hydrogen-bond donors (Lipinski definition) is 0. The number of carbonyl (C=O) groups excluding carboxylic acids is 1. The van der Waals surface area contributed by atoms with E-state index in [0.29, 0.717) is 17.9 Å². The fraction of sp³-hybridized carbons (Fsp3) is 0.500. The highest BCUT2D eigenvalue weighted by Gasteiger charge is 2.08. The molecule has 0 saturated carbocycles. The normalized spacial score (nSPS) is 11.0. The van der Waals surface area contributed by atoms with Crippen LogP contribution in [-0.2, 0) is 0 Å². The van der Waals surface area contributed by atoms with E-state index in [9.17, 15) is 4.79 Å². The molecule has 116 valence electrons. The Labute approximate surface area is 133 Å². The minimum atomic E-state index is -0.474.